The van der Waals surface area contributed by atoms with Gasteiger partial charge in [-0.15, -0.1) is 0 Å². The van der Waals surface area contributed by atoms with Crippen LogP contribution in [0.4, 0.5) is 5.69 Å². The molecule has 0 spiro atoms. The van der Waals surface area contributed by atoms with Crippen LogP contribution in [0.15, 0.2) is 66.7 Å². The first-order chi connectivity index (χ1) is 21.4. The van der Waals surface area contributed by atoms with E-state index in [2.05, 4.69) is 4.90 Å². The van der Waals surface area contributed by atoms with Gasteiger partial charge in [0.1, 0.15) is 11.4 Å². The number of anilines is 1. The molecule has 1 aliphatic carbocycles. The van der Waals surface area contributed by atoms with E-state index in [4.69, 9.17) is 19.6 Å². The van der Waals surface area contributed by atoms with E-state index in [-0.39, 0.29) is 18.1 Å². The maximum Gasteiger partial charge on any atom is 0.196 e. The number of hydrogen-bond donors (Lipinski definition) is 0. The molecule has 1 aliphatic heterocycles. The summed E-state index contributed by atoms with van der Waals surface area (Å²) in [4.78, 5) is 20.8. The fourth-order valence-electron chi connectivity index (χ4n) is 6.10. The van der Waals surface area contributed by atoms with Crippen LogP contribution in [0.1, 0.15) is 59.8 Å². The number of fused-ring (bicyclic) bond motifs is 1. The van der Waals surface area contributed by atoms with Crippen molar-refractivity contribution in [2.75, 3.05) is 49.8 Å². The highest BCUT2D eigenvalue weighted by Gasteiger charge is 2.32. The Hall–Kier alpha value is -3.60. The van der Waals surface area contributed by atoms with Crippen molar-refractivity contribution >= 4 is 32.3 Å². The van der Waals surface area contributed by atoms with E-state index in [1.807, 2.05) is 71.4 Å². The Kier molecular flexibility index (Phi) is 9.39. The molecule has 4 aromatic rings. The molecule has 0 amide bonds. The minimum absolute atomic E-state index is 0.0180. The third-order valence-corrected chi connectivity index (χ3v) is 10.3. The smallest absolute Gasteiger partial charge is 0.196 e. The van der Waals surface area contributed by atoms with Crippen LogP contribution >= 0.6 is 0 Å². The maximum absolute atomic E-state index is 13.6. The second-order valence-electron chi connectivity index (χ2n) is 11.9. The molecule has 2 aromatic heterocycles. The van der Waals surface area contributed by atoms with Crippen molar-refractivity contribution in [1.29, 1.82) is 0 Å². The number of ketones is 1. The Morgan fingerprint density at radius 2 is 1.68 bits per heavy atom. The first-order valence-electron chi connectivity index (χ1n) is 15.5. The van der Waals surface area contributed by atoms with Crippen molar-refractivity contribution in [2.45, 2.75) is 44.6 Å². The largest absolute Gasteiger partial charge is 0.384 e. The lowest BCUT2D eigenvalue weighted by molar-refractivity contribution is 0.101. The predicted octanol–water partition coefficient (Wildman–Crippen LogP) is 5.37. The second kappa shape index (κ2) is 13.6. The van der Waals surface area contributed by atoms with Gasteiger partial charge in [-0.3, -0.25) is 4.79 Å². The van der Waals surface area contributed by atoms with Gasteiger partial charge in [0.15, 0.2) is 21.3 Å². The predicted molar refractivity (Wildman–Crippen MR) is 171 cm³/mol. The number of hydrogen-bond acceptors (Lipinski definition) is 8. The maximum atomic E-state index is 13.6. The number of rotatable bonds is 13. The quantitative estimate of drug-likeness (QED) is 0.146. The number of benzene rings is 2. The van der Waals surface area contributed by atoms with Crippen LogP contribution in [-0.4, -0.2) is 73.9 Å². The first-order valence-corrected chi connectivity index (χ1v) is 17.3. The summed E-state index contributed by atoms with van der Waals surface area (Å²) in [5.74, 6) is -0.545. The summed E-state index contributed by atoms with van der Waals surface area (Å²) in [5, 5.41) is 6.06. The number of carbonyl (C=O) groups is 1. The normalized spacial score (nSPS) is 16.3. The van der Waals surface area contributed by atoms with Gasteiger partial charge in [-0.05, 0) is 55.4 Å². The fourth-order valence-corrected chi connectivity index (χ4v) is 7.17. The average molecular weight is 617 g/mol. The van der Waals surface area contributed by atoms with Gasteiger partial charge in [0.05, 0.1) is 41.4 Å². The summed E-state index contributed by atoms with van der Waals surface area (Å²) in [5.41, 5.74) is 4.50. The highest BCUT2D eigenvalue weighted by Crippen LogP contribution is 2.43. The average Bonchev–Trinajstić information content (AvgIpc) is 3.38. The second-order valence-corrected chi connectivity index (χ2v) is 14.1. The van der Waals surface area contributed by atoms with Gasteiger partial charge >= 0.3 is 0 Å². The molecule has 0 radical (unpaired) electrons. The summed E-state index contributed by atoms with van der Waals surface area (Å²) < 4.78 is 38.9. The molecule has 2 fully saturated rings. The standard InChI is InChI=1S/C34H40N4O5S/c1-42-22-26-15-17-37(18-16-26)30-21-29(31(39)24-44(40,41)20-19-43-23-25-9-4-2-5-10-25)35-34-32(30)33(27-11-8-12-27)36-38(34)28-13-6-3-7-14-28/h2-7,9-10,13-14,21,26-27H,8,11-12,15-20,22-24H2,1H3. The molecule has 1 saturated heterocycles. The molecule has 0 unspecified atom stereocenters. The van der Waals surface area contributed by atoms with Crippen LogP contribution < -0.4 is 4.90 Å². The first kappa shape index (κ1) is 30.4. The number of para-hydroxylation sites is 1. The van der Waals surface area contributed by atoms with E-state index in [0.717, 1.165) is 73.4 Å². The molecule has 9 nitrogen and oxygen atoms in total. The van der Waals surface area contributed by atoms with Crippen LogP contribution in [0.25, 0.3) is 16.7 Å². The number of sulfone groups is 1. The number of carbonyl (C=O) groups excluding carboxylic acids is 1. The van der Waals surface area contributed by atoms with E-state index >= 15 is 0 Å². The van der Waals surface area contributed by atoms with Crippen molar-refractivity contribution in [3.05, 3.63) is 83.7 Å². The molecular weight excluding hydrogens is 576 g/mol. The van der Waals surface area contributed by atoms with E-state index in [1.54, 1.807) is 7.11 Å². The Labute approximate surface area is 259 Å². The van der Waals surface area contributed by atoms with Gasteiger partial charge in [-0.2, -0.15) is 5.10 Å². The molecular formula is C34H40N4O5S. The molecule has 44 heavy (non-hydrogen) atoms. The van der Waals surface area contributed by atoms with E-state index in [0.29, 0.717) is 24.1 Å². The third kappa shape index (κ3) is 6.87. The van der Waals surface area contributed by atoms with E-state index in [9.17, 15) is 13.2 Å². The molecule has 3 heterocycles. The fraction of sp³-hybridized carbons (Fsp3) is 0.441. The lowest BCUT2D eigenvalue weighted by Gasteiger charge is -2.34. The Balaban J connectivity index is 1.31. The zero-order valence-electron chi connectivity index (χ0n) is 25.2. The lowest BCUT2D eigenvalue weighted by Crippen LogP contribution is -2.35. The van der Waals surface area contributed by atoms with Crippen LogP contribution in [0, 0.1) is 5.92 Å². The van der Waals surface area contributed by atoms with Gasteiger partial charge in [0.2, 0.25) is 0 Å². The van der Waals surface area contributed by atoms with Gasteiger partial charge in [0.25, 0.3) is 0 Å². The topological polar surface area (TPSA) is 104 Å². The number of pyridine rings is 1. The van der Waals surface area contributed by atoms with Crippen LogP contribution in [-0.2, 0) is 25.9 Å². The van der Waals surface area contributed by atoms with Crippen LogP contribution in [0.5, 0.6) is 0 Å². The van der Waals surface area contributed by atoms with Crippen molar-refractivity contribution in [1.82, 2.24) is 14.8 Å². The van der Waals surface area contributed by atoms with Crippen LogP contribution in [0.2, 0.25) is 0 Å². The Morgan fingerprint density at radius 3 is 2.34 bits per heavy atom. The zero-order valence-corrected chi connectivity index (χ0v) is 26.0. The number of aromatic nitrogens is 3. The monoisotopic (exact) mass is 616 g/mol. The highest BCUT2D eigenvalue weighted by molar-refractivity contribution is 7.92. The summed E-state index contributed by atoms with van der Waals surface area (Å²) in [6, 6.07) is 21.2. The SMILES string of the molecule is COCC1CCN(c2cc(C(=O)CS(=O)(=O)CCOCc3ccccc3)nc3c2c(C2CCC2)nn3-c2ccccc2)CC1. The number of ether oxygens (including phenoxy) is 2. The van der Waals surface area contributed by atoms with Gasteiger partial charge < -0.3 is 14.4 Å². The van der Waals surface area contributed by atoms with Crippen molar-refractivity contribution in [2.24, 2.45) is 5.92 Å². The summed E-state index contributed by atoms with van der Waals surface area (Å²) in [6.45, 7) is 2.70. The van der Waals surface area contributed by atoms with Gasteiger partial charge in [-0.1, -0.05) is 55.0 Å². The molecule has 0 N–H and O–H groups in total. The third-order valence-electron chi connectivity index (χ3n) is 8.78. The number of methoxy groups -OCH3 is 1. The highest BCUT2D eigenvalue weighted by atomic mass is 32.2. The van der Waals surface area contributed by atoms with Gasteiger partial charge in [-0.25, -0.2) is 18.1 Å². The molecule has 1 saturated carbocycles. The molecule has 2 aliphatic rings. The zero-order chi connectivity index (χ0) is 30.5. The summed E-state index contributed by atoms with van der Waals surface area (Å²) >= 11 is 0. The molecule has 0 atom stereocenters. The van der Waals surface area contributed by atoms with Crippen molar-refractivity contribution in [3.8, 4) is 5.69 Å². The number of nitrogens with zero attached hydrogens (tertiary/aromatic N) is 4. The minimum Gasteiger partial charge on any atom is -0.384 e. The molecule has 10 heteroatoms. The molecule has 6 rings (SSSR count). The molecule has 232 valence electrons. The minimum atomic E-state index is -3.72. The number of Topliss-reactive ketones (excluding diaryl/α,β-unsaturated/α-hetero) is 1. The Bertz CT molecular complexity index is 1680. The molecule has 2 aromatic carbocycles. The van der Waals surface area contributed by atoms with Crippen molar-refractivity contribution < 1.29 is 22.7 Å². The lowest BCUT2D eigenvalue weighted by atomic mass is 9.81. The molecule has 0 bridgehead atoms. The van der Waals surface area contributed by atoms with Crippen molar-refractivity contribution in [3.63, 3.8) is 0 Å². The summed E-state index contributed by atoms with van der Waals surface area (Å²) in [7, 11) is -1.98. The van der Waals surface area contributed by atoms with E-state index in [1.165, 1.54) is 6.42 Å². The summed E-state index contributed by atoms with van der Waals surface area (Å²) in [6.07, 6.45) is 5.26. The van der Waals surface area contributed by atoms with E-state index < -0.39 is 21.4 Å². The van der Waals surface area contributed by atoms with Crippen LogP contribution in [0.3, 0.4) is 0 Å². The van der Waals surface area contributed by atoms with Gasteiger partial charge in [0, 0.05) is 32.7 Å². The Morgan fingerprint density at radius 1 is 0.977 bits per heavy atom. The number of piperidine rings is 1.